The maximum atomic E-state index is 11.8. The van der Waals surface area contributed by atoms with Crippen LogP contribution in [0.5, 0.6) is 0 Å². The van der Waals surface area contributed by atoms with Crippen molar-refractivity contribution in [2.45, 2.75) is 13.0 Å². The lowest BCUT2D eigenvalue weighted by Crippen LogP contribution is -2.48. The second kappa shape index (κ2) is 5.35. The average Bonchev–Trinajstić information content (AvgIpc) is 2.79. The van der Waals surface area contributed by atoms with Crippen LogP contribution >= 0.6 is 11.3 Å². The number of aromatic nitrogens is 1. The summed E-state index contributed by atoms with van der Waals surface area (Å²) >= 11 is 1.24. The Hall–Kier alpha value is -1.31. The number of amides is 1. The van der Waals surface area contributed by atoms with Crippen LogP contribution in [0.3, 0.4) is 0 Å². The number of ether oxygens (including phenoxy) is 1. The monoisotopic (exact) mass is 255 g/mol. The number of carbonyl (C=O) groups excluding carboxylic acids is 2. The third-order valence-corrected chi connectivity index (χ3v) is 3.09. The number of rotatable bonds is 3. The van der Waals surface area contributed by atoms with E-state index >= 15 is 0 Å². The number of hydrogen-bond donors (Lipinski definition) is 2. The van der Waals surface area contributed by atoms with Gasteiger partial charge in [0.15, 0.2) is 10.9 Å². The van der Waals surface area contributed by atoms with Crippen molar-refractivity contribution in [1.29, 1.82) is 0 Å². The Morgan fingerprint density at radius 1 is 1.65 bits per heavy atom. The van der Waals surface area contributed by atoms with Gasteiger partial charge in [-0.2, -0.15) is 0 Å². The van der Waals surface area contributed by atoms with Crippen LogP contribution in [0.2, 0.25) is 0 Å². The van der Waals surface area contributed by atoms with Gasteiger partial charge >= 0.3 is 0 Å². The highest BCUT2D eigenvalue weighted by atomic mass is 32.1. The summed E-state index contributed by atoms with van der Waals surface area (Å²) < 4.78 is 5.19. The molecule has 1 atom stereocenters. The summed E-state index contributed by atoms with van der Waals surface area (Å²) in [6, 6.07) is -0.353. The van der Waals surface area contributed by atoms with Gasteiger partial charge in [-0.15, -0.1) is 11.3 Å². The summed E-state index contributed by atoms with van der Waals surface area (Å²) in [5, 5.41) is 7.77. The molecule has 2 rings (SSSR count). The van der Waals surface area contributed by atoms with Crippen LogP contribution in [-0.4, -0.2) is 42.5 Å². The molecule has 2 heterocycles. The molecule has 1 aliphatic rings. The minimum Gasteiger partial charge on any atom is -0.378 e. The molecule has 0 aliphatic carbocycles. The van der Waals surface area contributed by atoms with Crippen molar-refractivity contribution < 1.29 is 14.3 Å². The smallest absolute Gasteiger partial charge is 0.245 e. The first-order chi connectivity index (χ1) is 8.16. The predicted octanol–water partition coefficient (Wildman–Crippen LogP) is 0.273. The van der Waals surface area contributed by atoms with E-state index in [0.29, 0.717) is 30.6 Å². The molecule has 0 radical (unpaired) electrons. The Bertz CT molecular complexity index is 426. The van der Waals surface area contributed by atoms with Crippen molar-refractivity contribution in [3.05, 3.63) is 11.1 Å². The first kappa shape index (κ1) is 12.2. The molecule has 1 aliphatic heterocycles. The summed E-state index contributed by atoms with van der Waals surface area (Å²) in [5.41, 5.74) is 0.373. The first-order valence-corrected chi connectivity index (χ1v) is 6.13. The zero-order valence-corrected chi connectivity index (χ0v) is 10.2. The molecule has 0 aromatic carbocycles. The lowest BCUT2D eigenvalue weighted by Gasteiger charge is -2.22. The van der Waals surface area contributed by atoms with Crippen molar-refractivity contribution in [2.24, 2.45) is 0 Å². The molecule has 1 saturated heterocycles. The highest BCUT2D eigenvalue weighted by Crippen LogP contribution is 2.16. The number of Topliss-reactive ketones (excluding diaryl/α,β-unsaturated/α-hetero) is 1. The second-order valence-corrected chi connectivity index (χ2v) is 4.52. The fraction of sp³-hybridized carbons (Fsp3) is 0.500. The number of nitrogens with zero attached hydrogens (tertiary/aromatic N) is 1. The van der Waals surface area contributed by atoms with Crippen LogP contribution in [-0.2, 0) is 9.53 Å². The van der Waals surface area contributed by atoms with Gasteiger partial charge in [0.2, 0.25) is 5.91 Å². The van der Waals surface area contributed by atoms with Gasteiger partial charge in [0.25, 0.3) is 0 Å². The lowest BCUT2D eigenvalue weighted by atomic mass is 10.2. The van der Waals surface area contributed by atoms with Crippen molar-refractivity contribution in [2.75, 3.05) is 25.1 Å². The van der Waals surface area contributed by atoms with Crippen LogP contribution in [0.1, 0.15) is 17.4 Å². The molecule has 1 aromatic heterocycles. The van der Waals surface area contributed by atoms with E-state index in [1.807, 2.05) is 0 Å². The summed E-state index contributed by atoms with van der Waals surface area (Å²) in [6.07, 6.45) is 0. The molecular formula is C10H13N3O3S. The number of morpholine rings is 1. The van der Waals surface area contributed by atoms with E-state index in [2.05, 4.69) is 15.6 Å². The third-order valence-electron chi connectivity index (χ3n) is 2.33. The van der Waals surface area contributed by atoms with Crippen LogP contribution in [0.4, 0.5) is 5.13 Å². The molecule has 0 saturated carbocycles. The Morgan fingerprint density at radius 2 is 2.47 bits per heavy atom. The summed E-state index contributed by atoms with van der Waals surface area (Å²) in [5.74, 6) is -0.296. The van der Waals surface area contributed by atoms with Gasteiger partial charge < -0.3 is 15.4 Å². The maximum absolute atomic E-state index is 11.8. The SMILES string of the molecule is CC(=O)c1csc(NC(=O)C2COCCN2)n1. The molecule has 17 heavy (non-hydrogen) atoms. The minimum absolute atomic E-state index is 0.110. The van der Waals surface area contributed by atoms with Crippen LogP contribution in [0, 0.1) is 0 Å². The second-order valence-electron chi connectivity index (χ2n) is 3.66. The number of anilines is 1. The molecule has 2 N–H and O–H groups in total. The van der Waals surface area contributed by atoms with Crippen molar-refractivity contribution in [3.63, 3.8) is 0 Å². The molecule has 0 spiro atoms. The van der Waals surface area contributed by atoms with Gasteiger partial charge in [-0.1, -0.05) is 0 Å². The first-order valence-electron chi connectivity index (χ1n) is 5.25. The number of thiazole rings is 1. The van der Waals surface area contributed by atoms with Gasteiger partial charge in [0.05, 0.1) is 13.2 Å². The zero-order valence-electron chi connectivity index (χ0n) is 9.36. The maximum Gasteiger partial charge on any atom is 0.245 e. The molecule has 6 nitrogen and oxygen atoms in total. The fourth-order valence-electron chi connectivity index (χ4n) is 1.42. The average molecular weight is 255 g/mol. The predicted molar refractivity (Wildman–Crippen MR) is 63.4 cm³/mol. The highest BCUT2D eigenvalue weighted by molar-refractivity contribution is 7.14. The summed E-state index contributed by atoms with van der Waals surface area (Å²) in [4.78, 5) is 26.8. The highest BCUT2D eigenvalue weighted by Gasteiger charge is 2.22. The quantitative estimate of drug-likeness (QED) is 0.758. The zero-order chi connectivity index (χ0) is 12.3. The Morgan fingerprint density at radius 3 is 3.06 bits per heavy atom. The third kappa shape index (κ3) is 3.09. The van der Waals surface area contributed by atoms with E-state index in [4.69, 9.17) is 4.74 Å². The normalized spacial score (nSPS) is 19.9. The molecule has 92 valence electrons. The van der Waals surface area contributed by atoms with Crippen molar-refractivity contribution in [3.8, 4) is 0 Å². The molecular weight excluding hydrogens is 242 g/mol. The molecule has 1 aromatic rings. The minimum atomic E-state index is -0.353. The number of hydrogen-bond acceptors (Lipinski definition) is 6. The van der Waals surface area contributed by atoms with Gasteiger partial charge in [-0.3, -0.25) is 9.59 Å². The van der Waals surface area contributed by atoms with Crippen LogP contribution in [0.15, 0.2) is 5.38 Å². The topological polar surface area (TPSA) is 80.3 Å². The van der Waals surface area contributed by atoms with Gasteiger partial charge in [-0.05, 0) is 0 Å². The van der Waals surface area contributed by atoms with E-state index < -0.39 is 0 Å². The van der Waals surface area contributed by atoms with E-state index in [-0.39, 0.29) is 17.7 Å². The standard InChI is InChI=1S/C10H13N3O3S/c1-6(14)8-5-17-10(12-8)13-9(15)7-4-16-3-2-11-7/h5,7,11H,2-4H2,1H3,(H,12,13,15). The summed E-state index contributed by atoms with van der Waals surface area (Å²) in [6.45, 7) is 3.08. The number of nitrogens with one attached hydrogen (secondary N) is 2. The Balaban J connectivity index is 1.94. The molecule has 1 fully saturated rings. The summed E-state index contributed by atoms with van der Waals surface area (Å²) in [7, 11) is 0. The number of ketones is 1. The van der Waals surface area contributed by atoms with E-state index in [9.17, 15) is 9.59 Å². The van der Waals surface area contributed by atoms with E-state index in [0.717, 1.165) is 0 Å². The van der Waals surface area contributed by atoms with Crippen molar-refractivity contribution >= 4 is 28.2 Å². The lowest BCUT2D eigenvalue weighted by molar-refractivity contribution is -0.120. The van der Waals surface area contributed by atoms with Crippen molar-refractivity contribution in [1.82, 2.24) is 10.3 Å². The van der Waals surface area contributed by atoms with E-state index in [1.54, 1.807) is 5.38 Å². The molecule has 1 unspecified atom stereocenters. The van der Waals surface area contributed by atoms with Gasteiger partial charge in [-0.25, -0.2) is 4.98 Å². The van der Waals surface area contributed by atoms with Crippen LogP contribution < -0.4 is 10.6 Å². The molecule has 0 bridgehead atoms. The van der Waals surface area contributed by atoms with Gasteiger partial charge in [0, 0.05) is 18.8 Å². The van der Waals surface area contributed by atoms with Gasteiger partial charge in [0.1, 0.15) is 11.7 Å². The Labute approximate surface area is 102 Å². The largest absolute Gasteiger partial charge is 0.378 e. The molecule has 7 heteroatoms. The number of carbonyl (C=O) groups is 2. The Kier molecular flexibility index (Phi) is 3.82. The fourth-order valence-corrected chi connectivity index (χ4v) is 2.17. The van der Waals surface area contributed by atoms with Crippen LogP contribution in [0.25, 0.3) is 0 Å². The molecule has 1 amide bonds. The van der Waals surface area contributed by atoms with E-state index in [1.165, 1.54) is 18.3 Å².